The zero-order valence-electron chi connectivity index (χ0n) is 8.15. The number of aromatic nitrogens is 1. The van der Waals surface area contributed by atoms with Crippen LogP contribution in [0, 0.1) is 0 Å². The second-order valence-electron chi connectivity index (χ2n) is 3.10. The average Bonchev–Trinajstić information content (AvgIpc) is 2.25. The quantitative estimate of drug-likeness (QED) is 0.843. The summed E-state index contributed by atoms with van der Waals surface area (Å²) in [5.41, 5.74) is 6.63. The maximum Gasteiger partial charge on any atom is 0.101 e. The number of nitrogens with zero attached hydrogens (tertiary/aromatic N) is 1. The zero-order chi connectivity index (χ0) is 11.5. The van der Waals surface area contributed by atoms with Gasteiger partial charge in [-0.2, -0.15) is 0 Å². The van der Waals surface area contributed by atoms with Crippen LogP contribution < -0.4 is 5.73 Å². The fourth-order valence-electron chi connectivity index (χ4n) is 1.15. The molecule has 2 aromatic rings. The molecule has 0 aliphatic rings. The number of hydrogen-bond donors (Lipinski definition) is 1. The van der Waals surface area contributed by atoms with Crippen LogP contribution in [0.4, 0.5) is 5.69 Å². The molecule has 2 N–H and O–H groups in total. The lowest BCUT2D eigenvalue weighted by molar-refractivity contribution is 1.13. The van der Waals surface area contributed by atoms with E-state index in [4.69, 9.17) is 17.3 Å². The molecule has 0 fully saturated rings. The van der Waals surface area contributed by atoms with Crippen LogP contribution in [-0.2, 0) is 0 Å². The van der Waals surface area contributed by atoms with E-state index in [-0.39, 0.29) is 0 Å². The van der Waals surface area contributed by atoms with Crippen molar-refractivity contribution in [2.75, 3.05) is 5.73 Å². The van der Waals surface area contributed by atoms with Crippen LogP contribution >= 0.6 is 39.3 Å². The molecule has 2 rings (SSSR count). The van der Waals surface area contributed by atoms with Gasteiger partial charge in [0.1, 0.15) is 5.03 Å². The van der Waals surface area contributed by atoms with Gasteiger partial charge in [0.15, 0.2) is 0 Å². The second kappa shape index (κ2) is 5.08. The van der Waals surface area contributed by atoms with E-state index in [0.717, 1.165) is 20.1 Å². The lowest BCUT2D eigenvalue weighted by atomic mass is 10.3. The molecule has 0 atom stereocenters. The fraction of sp³-hybridized carbons (Fsp3) is 0. The van der Waals surface area contributed by atoms with Crippen molar-refractivity contribution in [1.29, 1.82) is 0 Å². The number of pyridine rings is 1. The lowest BCUT2D eigenvalue weighted by Gasteiger charge is -2.04. The number of nitrogens with two attached hydrogens (primary N) is 1. The normalized spacial score (nSPS) is 10.4. The first-order chi connectivity index (χ1) is 7.65. The monoisotopic (exact) mass is 314 g/mol. The van der Waals surface area contributed by atoms with Gasteiger partial charge in [0.25, 0.3) is 0 Å². The van der Waals surface area contributed by atoms with Gasteiger partial charge in [-0.25, -0.2) is 4.98 Å². The van der Waals surface area contributed by atoms with E-state index in [1.165, 1.54) is 11.8 Å². The zero-order valence-corrected chi connectivity index (χ0v) is 11.3. The van der Waals surface area contributed by atoms with Crippen molar-refractivity contribution in [1.82, 2.24) is 4.98 Å². The Labute approximate surface area is 111 Å². The first kappa shape index (κ1) is 11.8. The van der Waals surface area contributed by atoms with Crippen LogP contribution in [0.3, 0.4) is 0 Å². The van der Waals surface area contributed by atoms with E-state index in [0.29, 0.717) is 5.02 Å². The van der Waals surface area contributed by atoms with Gasteiger partial charge >= 0.3 is 0 Å². The molecule has 0 radical (unpaired) electrons. The van der Waals surface area contributed by atoms with Gasteiger partial charge in [-0.3, -0.25) is 0 Å². The van der Waals surface area contributed by atoms with Gasteiger partial charge in [-0.15, -0.1) is 0 Å². The van der Waals surface area contributed by atoms with Crippen molar-refractivity contribution in [3.63, 3.8) is 0 Å². The molecule has 0 saturated heterocycles. The third-order valence-corrected chi connectivity index (χ3v) is 3.65. The number of halogens is 2. The highest BCUT2D eigenvalue weighted by Gasteiger charge is 2.03. The Morgan fingerprint density at radius 2 is 2.06 bits per heavy atom. The number of rotatable bonds is 2. The van der Waals surface area contributed by atoms with E-state index < -0.39 is 0 Å². The minimum Gasteiger partial charge on any atom is -0.398 e. The van der Waals surface area contributed by atoms with Crippen LogP contribution in [0.1, 0.15) is 0 Å². The molecule has 2 nitrogen and oxygen atoms in total. The molecular weight excluding hydrogens is 308 g/mol. The van der Waals surface area contributed by atoms with Gasteiger partial charge in [0.05, 0.1) is 5.02 Å². The number of nitrogen functional groups attached to an aromatic ring is 1. The molecule has 82 valence electrons. The number of anilines is 1. The summed E-state index contributed by atoms with van der Waals surface area (Å²) in [4.78, 5) is 5.19. The minimum absolute atomic E-state index is 0.633. The molecule has 0 aliphatic heterocycles. The smallest absolute Gasteiger partial charge is 0.101 e. The Morgan fingerprint density at radius 3 is 2.69 bits per heavy atom. The van der Waals surface area contributed by atoms with Gasteiger partial charge in [-0.1, -0.05) is 39.3 Å². The third kappa shape index (κ3) is 2.90. The van der Waals surface area contributed by atoms with Gasteiger partial charge < -0.3 is 5.73 Å². The van der Waals surface area contributed by atoms with Crippen molar-refractivity contribution < 1.29 is 0 Å². The molecule has 1 aromatic heterocycles. The van der Waals surface area contributed by atoms with Crippen molar-refractivity contribution in [3.05, 3.63) is 46.0 Å². The summed E-state index contributed by atoms with van der Waals surface area (Å²) in [6.07, 6.45) is 1.62. The van der Waals surface area contributed by atoms with Crippen LogP contribution in [0.5, 0.6) is 0 Å². The maximum absolute atomic E-state index is 5.89. The molecule has 0 unspecified atom stereocenters. The standard InChI is InChI=1S/C11H8BrClN2S/c12-7-1-3-10(9(14)5-7)16-11-4-2-8(13)6-15-11/h1-6H,14H2. The minimum atomic E-state index is 0.633. The van der Waals surface area contributed by atoms with Crippen LogP contribution in [0.2, 0.25) is 5.02 Å². The van der Waals surface area contributed by atoms with E-state index in [2.05, 4.69) is 20.9 Å². The Kier molecular flexibility index (Phi) is 3.74. The molecule has 1 heterocycles. The molecule has 0 bridgehead atoms. The molecule has 5 heteroatoms. The highest BCUT2D eigenvalue weighted by atomic mass is 79.9. The third-order valence-electron chi connectivity index (χ3n) is 1.89. The highest BCUT2D eigenvalue weighted by molar-refractivity contribution is 9.10. The maximum atomic E-state index is 5.89. The summed E-state index contributed by atoms with van der Waals surface area (Å²) >= 11 is 10.6. The lowest BCUT2D eigenvalue weighted by Crippen LogP contribution is -1.88. The summed E-state index contributed by atoms with van der Waals surface area (Å²) in [7, 11) is 0. The topological polar surface area (TPSA) is 38.9 Å². The van der Waals surface area contributed by atoms with Crippen LogP contribution in [0.15, 0.2) is 50.9 Å². The van der Waals surface area contributed by atoms with E-state index in [1.54, 1.807) is 6.20 Å². The molecule has 0 spiro atoms. The van der Waals surface area contributed by atoms with Gasteiger partial charge in [0, 0.05) is 21.3 Å². The van der Waals surface area contributed by atoms with E-state index in [1.807, 2.05) is 30.3 Å². The molecule has 16 heavy (non-hydrogen) atoms. The first-order valence-corrected chi connectivity index (χ1v) is 6.48. The average molecular weight is 316 g/mol. The van der Waals surface area contributed by atoms with Crippen molar-refractivity contribution >= 4 is 45.0 Å². The Balaban J connectivity index is 2.23. The predicted molar refractivity (Wildman–Crippen MR) is 71.9 cm³/mol. The summed E-state index contributed by atoms with van der Waals surface area (Å²) in [6, 6.07) is 9.47. The van der Waals surface area contributed by atoms with Crippen molar-refractivity contribution in [3.8, 4) is 0 Å². The predicted octanol–water partition coefficient (Wildman–Crippen LogP) is 4.23. The largest absolute Gasteiger partial charge is 0.398 e. The Hall–Kier alpha value is -0.710. The summed E-state index contributed by atoms with van der Waals surface area (Å²) in [6.45, 7) is 0. The van der Waals surface area contributed by atoms with E-state index >= 15 is 0 Å². The molecular formula is C11H8BrClN2S. The number of benzene rings is 1. The summed E-state index contributed by atoms with van der Waals surface area (Å²) < 4.78 is 0.971. The van der Waals surface area contributed by atoms with Gasteiger partial charge in [-0.05, 0) is 30.3 Å². The van der Waals surface area contributed by atoms with Crippen molar-refractivity contribution in [2.45, 2.75) is 9.92 Å². The Morgan fingerprint density at radius 1 is 1.25 bits per heavy atom. The first-order valence-electron chi connectivity index (χ1n) is 4.49. The van der Waals surface area contributed by atoms with Crippen molar-refractivity contribution in [2.24, 2.45) is 0 Å². The second-order valence-corrected chi connectivity index (χ2v) is 5.51. The SMILES string of the molecule is Nc1cc(Br)ccc1Sc1ccc(Cl)cn1. The van der Waals surface area contributed by atoms with Crippen LogP contribution in [0.25, 0.3) is 0 Å². The highest BCUT2D eigenvalue weighted by Crippen LogP contribution is 2.32. The van der Waals surface area contributed by atoms with E-state index in [9.17, 15) is 0 Å². The molecule has 0 amide bonds. The fourth-order valence-corrected chi connectivity index (χ4v) is 2.42. The Bertz CT molecular complexity index is 502. The summed E-state index contributed by atoms with van der Waals surface area (Å²) in [5, 5.41) is 1.51. The molecule has 1 aromatic carbocycles. The van der Waals surface area contributed by atoms with Gasteiger partial charge in [0.2, 0.25) is 0 Å². The number of hydrogen-bond acceptors (Lipinski definition) is 3. The molecule has 0 saturated carbocycles. The van der Waals surface area contributed by atoms with Crippen LogP contribution in [-0.4, -0.2) is 4.98 Å². The molecule has 0 aliphatic carbocycles. The summed E-state index contributed by atoms with van der Waals surface area (Å²) in [5.74, 6) is 0.